The molecule has 19 heavy (non-hydrogen) atoms. The number of nitrogens with one attached hydrogen (secondary N) is 1. The van der Waals surface area contributed by atoms with E-state index in [1.807, 2.05) is 30.5 Å². The summed E-state index contributed by atoms with van der Waals surface area (Å²) in [6, 6.07) is 5.95. The van der Waals surface area contributed by atoms with Crippen molar-refractivity contribution in [3.63, 3.8) is 0 Å². The van der Waals surface area contributed by atoms with E-state index >= 15 is 0 Å². The third-order valence-corrected chi connectivity index (χ3v) is 3.25. The minimum absolute atomic E-state index is 0.526. The van der Waals surface area contributed by atoms with Crippen molar-refractivity contribution in [3.8, 4) is 11.5 Å². The third-order valence-electron chi connectivity index (χ3n) is 2.70. The van der Waals surface area contributed by atoms with Gasteiger partial charge in [-0.3, -0.25) is 0 Å². The minimum atomic E-state index is 0.526. The molecular weight excluding hydrogens is 262 g/mol. The predicted molar refractivity (Wildman–Crippen MR) is 71.7 cm³/mol. The number of aromatic nitrogens is 4. The van der Waals surface area contributed by atoms with Crippen LogP contribution in [0.1, 0.15) is 11.3 Å². The summed E-state index contributed by atoms with van der Waals surface area (Å²) < 4.78 is 9.00. The lowest BCUT2D eigenvalue weighted by molar-refractivity contribution is 0.568. The molecule has 0 aliphatic heterocycles. The topological polar surface area (TPSA) is 76.7 Å². The van der Waals surface area contributed by atoms with E-state index in [-0.39, 0.29) is 0 Å². The molecule has 3 aromatic rings. The van der Waals surface area contributed by atoms with Crippen LogP contribution in [0.15, 0.2) is 34.4 Å². The second-order valence-corrected chi connectivity index (χ2v) is 4.63. The van der Waals surface area contributed by atoms with E-state index < -0.39 is 0 Å². The van der Waals surface area contributed by atoms with Crippen molar-refractivity contribution in [1.29, 1.82) is 0 Å². The Labute approximate surface area is 113 Å². The van der Waals surface area contributed by atoms with Gasteiger partial charge >= 0.3 is 0 Å². The van der Waals surface area contributed by atoms with Crippen molar-refractivity contribution in [2.75, 3.05) is 5.32 Å². The summed E-state index contributed by atoms with van der Waals surface area (Å²) in [5, 5.41) is 16.8. The zero-order valence-corrected chi connectivity index (χ0v) is 11.0. The lowest BCUT2D eigenvalue weighted by atomic mass is 10.1. The van der Waals surface area contributed by atoms with Crippen molar-refractivity contribution in [1.82, 2.24) is 19.8 Å². The van der Waals surface area contributed by atoms with Crippen LogP contribution in [0.25, 0.3) is 11.5 Å². The minimum Gasteiger partial charge on any atom is -0.423 e. The summed E-state index contributed by atoms with van der Waals surface area (Å²) in [7, 11) is 0. The highest BCUT2D eigenvalue weighted by Gasteiger charge is 2.06. The Morgan fingerprint density at radius 1 is 1.32 bits per heavy atom. The Balaban J connectivity index is 1.76. The zero-order valence-electron chi connectivity index (χ0n) is 10.2. The van der Waals surface area contributed by atoms with Gasteiger partial charge in [0.25, 0.3) is 0 Å². The lowest BCUT2D eigenvalue weighted by Gasteiger charge is -2.08. The molecule has 0 atom stereocenters. The molecule has 96 valence electrons. The first-order chi connectivity index (χ1) is 9.33. The van der Waals surface area contributed by atoms with Gasteiger partial charge in [0.05, 0.1) is 12.2 Å². The predicted octanol–water partition coefficient (Wildman–Crippen LogP) is 2.51. The van der Waals surface area contributed by atoms with Crippen molar-refractivity contribution < 1.29 is 4.42 Å². The Bertz CT molecular complexity index is 651. The van der Waals surface area contributed by atoms with Crippen LogP contribution in [-0.2, 0) is 6.54 Å². The van der Waals surface area contributed by atoms with Crippen LogP contribution in [0.5, 0.6) is 0 Å². The van der Waals surface area contributed by atoms with Gasteiger partial charge in [-0.25, -0.2) is 0 Å². The standard InChI is InChI=1S/C12H11N5OS/c1-8-4-9(12-16-14-7-18-12)2-3-11(8)13-5-10-6-19-17-15-10/h2-4,6-7,13H,5H2,1H3. The quantitative estimate of drug-likeness (QED) is 0.787. The van der Waals surface area contributed by atoms with Crippen molar-refractivity contribution in [2.45, 2.75) is 13.5 Å². The summed E-state index contributed by atoms with van der Waals surface area (Å²) >= 11 is 1.35. The molecule has 2 aromatic heterocycles. The van der Waals surface area contributed by atoms with Gasteiger partial charge in [-0.1, -0.05) is 4.49 Å². The number of nitrogens with zero attached hydrogens (tertiary/aromatic N) is 4. The van der Waals surface area contributed by atoms with Gasteiger partial charge in [-0.2, -0.15) is 0 Å². The molecule has 6 nitrogen and oxygen atoms in total. The van der Waals surface area contributed by atoms with Gasteiger partial charge in [0, 0.05) is 16.6 Å². The van der Waals surface area contributed by atoms with Crippen LogP contribution in [0.3, 0.4) is 0 Å². The van der Waals surface area contributed by atoms with Crippen LogP contribution >= 0.6 is 11.5 Å². The lowest BCUT2D eigenvalue weighted by Crippen LogP contribution is -2.01. The SMILES string of the molecule is Cc1cc(-c2nnco2)ccc1NCc1csnn1. The highest BCUT2D eigenvalue weighted by atomic mass is 32.1. The Kier molecular flexibility index (Phi) is 3.20. The maximum Gasteiger partial charge on any atom is 0.247 e. The van der Waals surface area contributed by atoms with E-state index in [1.165, 1.54) is 17.9 Å². The van der Waals surface area contributed by atoms with E-state index in [9.17, 15) is 0 Å². The molecule has 0 saturated carbocycles. The molecule has 0 amide bonds. The summed E-state index contributed by atoms with van der Waals surface area (Å²) in [6.07, 6.45) is 1.33. The van der Waals surface area contributed by atoms with E-state index in [4.69, 9.17) is 4.42 Å². The molecule has 0 fully saturated rings. The molecule has 0 aliphatic carbocycles. The van der Waals surface area contributed by atoms with Crippen LogP contribution in [0.2, 0.25) is 0 Å². The third kappa shape index (κ3) is 2.60. The number of rotatable bonds is 4. The Morgan fingerprint density at radius 3 is 2.95 bits per heavy atom. The first-order valence-corrected chi connectivity index (χ1v) is 6.53. The van der Waals surface area contributed by atoms with Crippen LogP contribution < -0.4 is 5.32 Å². The highest BCUT2D eigenvalue weighted by molar-refractivity contribution is 7.03. The molecule has 3 rings (SSSR count). The summed E-state index contributed by atoms with van der Waals surface area (Å²) in [4.78, 5) is 0. The smallest absolute Gasteiger partial charge is 0.247 e. The second kappa shape index (κ2) is 5.15. The highest BCUT2D eigenvalue weighted by Crippen LogP contribution is 2.23. The van der Waals surface area contributed by atoms with Gasteiger partial charge in [-0.15, -0.1) is 15.3 Å². The summed E-state index contributed by atoms with van der Waals surface area (Å²) in [5.74, 6) is 0.526. The van der Waals surface area contributed by atoms with E-state index in [0.717, 1.165) is 22.5 Å². The van der Waals surface area contributed by atoms with Gasteiger partial charge < -0.3 is 9.73 Å². The van der Waals surface area contributed by atoms with E-state index in [0.29, 0.717) is 12.4 Å². The fourth-order valence-electron chi connectivity index (χ4n) is 1.74. The van der Waals surface area contributed by atoms with Crippen LogP contribution in [-0.4, -0.2) is 19.8 Å². The Hall–Kier alpha value is -2.28. The molecule has 0 radical (unpaired) electrons. The monoisotopic (exact) mass is 273 g/mol. The first-order valence-electron chi connectivity index (χ1n) is 5.70. The first kappa shape index (κ1) is 11.8. The van der Waals surface area contributed by atoms with Crippen molar-refractivity contribution in [3.05, 3.63) is 41.2 Å². The molecule has 0 aliphatic rings. The molecule has 2 heterocycles. The normalized spacial score (nSPS) is 10.6. The average molecular weight is 273 g/mol. The largest absolute Gasteiger partial charge is 0.423 e. The molecule has 0 bridgehead atoms. The number of hydrogen-bond acceptors (Lipinski definition) is 7. The van der Waals surface area contributed by atoms with Gasteiger partial charge in [0.2, 0.25) is 12.3 Å². The van der Waals surface area contributed by atoms with Gasteiger partial charge in [-0.05, 0) is 42.2 Å². The van der Waals surface area contributed by atoms with E-state index in [1.54, 1.807) is 0 Å². The number of benzene rings is 1. The van der Waals surface area contributed by atoms with Gasteiger partial charge in [0.15, 0.2) is 0 Å². The molecule has 1 N–H and O–H groups in total. The number of hydrogen-bond donors (Lipinski definition) is 1. The summed E-state index contributed by atoms with van der Waals surface area (Å²) in [5.41, 5.74) is 4.01. The summed E-state index contributed by atoms with van der Waals surface area (Å²) in [6.45, 7) is 2.69. The maximum atomic E-state index is 5.17. The maximum absolute atomic E-state index is 5.17. The fourth-order valence-corrected chi connectivity index (χ4v) is 2.19. The molecular formula is C12H11N5OS. The molecule has 0 spiro atoms. The van der Waals surface area contributed by atoms with Gasteiger partial charge in [0.1, 0.15) is 0 Å². The van der Waals surface area contributed by atoms with Crippen molar-refractivity contribution >= 4 is 17.2 Å². The molecule has 1 aromatic carbocycles. The fraction of sp³-hybridized carbons (Fsp3) is 0.167. The van der Waals surface area contributed by atoms with Crippen LogP contribution in [0, 0.1) is 6.92 Å². The average Bonchev–Trinajstić information content (AvgIpc) is 3.10. The zero-order chi connectivity index (χ0) is 13.1. The molecule has 7 heteroatoms. The van der Waals surface area contributed by atoms with E-state index in [2.05, 4.69) is 25.1 Å². The molecule has 0 unspecified atom stereocenters. The van der Waals surface area contributed by atoms with Crippen LogP contribution in [0.4, 0.5) is 5.69 Å². The Morgan fingerprint density at radius 2 is 2.26 bits per heavy atom. The number of anilines is 1. The number of aryl methyl sites for hydroxylation is 1. The van der Waals surface area contributed by atoms with Crippen molar-refractivity contribution in [2.24, 2.45) is 0 Å². The second-order valence-electron chi connectivity index (χ2n) is 4.02. The molecule has 0 saturated heterocycles.